The number of aromatic carboxylic acids is 1. The van der Waals surface area contributed by atoms with E-state index in [4.69, 9.17) is 0 Å². The largest absolute Gasteiger partial charge is 0.505 e. The molecule has 0 bridgehead atoms. The first-order valence-electron chi connectivity index (χ1n) is 9.55. The standard InChI is InChI=1S/C23H19N3O6S/c1-15(27)21(22(28)16-8-3-2-4-9-16)25-24-17-10-7-11-18(14-17)33(31,32)26-20-13-6-5-12-19(20)23(29)30/h2-14,26,28H,1H3,(H,29,30)/b22-21+,25-24?. The van der Waals surface area contributed by atoms with Crippen LogP contribution in [0, 0.1) is 0 Å². The predicted octanol–water partition coefficient (Wildman–Crippen LogP) is 4.79. The summed E-state index contributed by atoms with van der Waals surface area (Å²) in [5, 5.41) is 27.4. The van der Waals surface area contributed by atoms with Crippen LogP contribution >= 0.6 is 0 Å². The van der Waals surface area contributed by atoms with Gasteiger partial charge in [0.15, 0.2) is 17.2 Å². The molecular weight excluding hydrogens is 446 g/mol. The number of benzene rings is 3. The van der Waals surface area contributed by atoms with Crippen LogP contribution in [-0.4, -0.2) is 30.4 Å². The van der Waals surface area contributed by atoms with Gasteiger partial charge in [0.1, 0.15) is 0 Å². The van der Waals surface area contributed by atoms with Gasteiger partial charge in [0, 0.05) is 12.5 Å². The zero-order valence-corrected chi connectivity index (χ0v) is 18.2. The van der Waals surface area contributed by atoms with Crippen LogP contribution in [0.1, 0.15) is 22.8 Å². The fourth-order valence-corrected chi connectivity index (χ4v) is 3.92. The molecule has 0 aliphatic carbocycles. The van der Waals surface area contributed by atoms with Crippen molar-refractivity contribution in [2.24, 2.45) is 10.2 Å². The molecule has 10 heteroatoms. The van der Waals surface area contributed by atoms with Crippen molar-refractivity contribution < 1.29 is 28.2 Å². The highest BCUT2D eigenvalue weighted by Crippen LogP contribution is 2.25. The quantitative estimate of drug-likeness (QED) is 0.248. The van der Waals surface area contributed by atoms with E-state index in [1.54, 1.807) is 30.3 Å². The molecule has 0 unspecified atom stereocenters. The van der Waals surface area contributed by atoms with Gasteiger partial charge in [-0.05, 0) is 30.3 Å². The number of Topliss-reactive ketones (excluding diaryl/α,β-unsaturated/α-hetero) is 1. The van der Waals surface area contributed by atoms with E-state index in [0.717, 1.165) is 0 Å². The van der Waals surface area contributed by atoms with Crippen LogP contribution < -0.4 is 4.72 Å². The number of aliphatic hydroxyl groups excluding tert-OH is 1. The molecule has 0 amide bonds. The van der Waals surface area contributed by atoms with E-state index in [-0.39, 0.29) is 33.3 Å². The summed E-state index contributed by atoms with van der Waals surface area (Å²) in [6.45, 7) is 1.22. The second-order valence-corrected chi connectivity index (χ2v) is 8.46. The Kier molecular flexibility index (Phi) is 6.99. The van der Waals surface area contributed by atoms with Gasteiger partial charge in [0.05, 0.1) is 21.8 Å². The number of nitrogens with one attached hydrogen (secondary N) is 1. The van der Waals surface area contributed by atoms with Crippen molar-refractivity contribution in [2.45, 2.75) is 11.8 Å². The summed E-state index contributed by atoms with van der Waals surface area (Å²) in [5.74, 6) is -2.17. The number of azo groups is 1. The van der Waals surface area contributed by atoms with Crippen molar-refractivity contribution in [1.29, 1.82) is 0 Å². The number of carbonyl (C=O) groups excluding carboxylic acids is 1. The van der Waals surface area contributed by atoms with Crippen LogP contribution in [-0.2, 0) is 14.8 Å². The lowest BCUT2D eigenvalue weighted by molar-refractivity contribution is -0.113. The van der Waals surface area contributed by atoms with E-state index in [9.17, 15) is 28.2 Å². The summed E-state index contributed by atoms with van der Waals surface area (Å²) in [7, 11) is -4.15. The first-order chi connectivity index (χ1) is 15.7. The zero-order valence-electron chi connectivity index (χ0n) is 17.3. The molecule has 0 atom stereocenters. The Morgan fingerprint density at radius 2 is 1.55 bits per heavy atom. The molecule has 0 saturated carbocycles. The highest BCUT2D eigenvalue weighted by molar-refractivity contribution is 7.92. The van der Waals surface area contributed by atoms with Gasteiger partial charge >= 0.3 is 5.97 Å². The van der Waals surface area contributed by atoms with E-state index in [0.29, 0.717) is 5.56 Å². The van der Waals surface area contributed by atoms with E-state index in [1.807, 2.05) is 0 Å². The van der Waals surface area contributed by atoms with Crippen molar-refractivity contribution in [2.75, 3.05) is 4.72 Å². The third-order valence-corrected chi connectivity index (χ3v) is 5.76. The van der Waals surface area contributed by atoms with Crippen molar-refractivity contribution in [3.63, 3.8) is 0 Å². The number of nitrogens with zero attached hydrogens (tertiary/aromatic N) is 2. The molecule has 0 radical (unpaired) electrons. The Morgan fingerprint density at radius 1 is 0.879 bits per heavy atom. The average Bonchev–Trinajstić information content (AvgIpc) is 2.79. The molecule has 3 aromatic carbocycles. The minimum absolute atomic E-state index is 0.0911. The van der Waals surface area contributed by atoms with Crippen molar-refractivity contribution in [1.82, 2.24) is 0 Å². The number of hydrogen-bond acceptors (Lipinski definition) is 7. The first kappa shape index (κ1) is 23.4. The molecule has 3 N–H and O–H groups in total. The maximum Gasteiger partial charge on any atom is 0.337 e. The van der Waals surface area contributed by atoms with Crippen LogP contribution in [0.2, 0.25) is 0 Å². The molecule has 0 fully saturated rings. The third kappa shape index (κ3) is 5.69. The summed E-state index contributed by atoms with van der Waals surface area (Å²) in [6, 6.07) is 19.3. The minimum Gasteiger partial charge on any atom is -0.505 e. The lowest BCUT2D eigenvalue weighted by Gasteiger charge is -2.10. The average molecular weight is 465 g/mol. The molecule has 0 aliphatic heterocycles. The third-order valence-electron chi connectivity index (χ3n) is 4.40. The summed E-state index contributed by atoms with van der Waals surface area (Å²) >= 11 is 0. The minimum atomic E-state index is -4.15. The van der Waals surface area contributed by atoms with Crippen molar-refractivity contribution in [3.05, 3.63) is 95.7 Å². The number of hydrogen-bond donors (Lipinski definition) is 3. The second-order valence-electron chi connectivity index (χ2n) is 6.77. The molecule has 0 aliphatic rings. The number of rotatable bonds is 8. The molecule has 0 saturated heterocycles. The van der Waals surface area contributed by atoms with Gasteiger partial charge in [-0.15, -0.1) is 5.11 Å². The number of carbonyl (C=O) groups is 2. The van der Waals surface area contributed by atoms with Gasteiger partial charge < -0.3 is 10.2 Å². The number of carboxylic acid groups (broad SMARTS) is 1. The van der Waals surface area contributed by atoms with Gasteiger partial charge in [-0.2, -0.15) is 5.11 Å². The monoisotopic (exact) mass is 465 g/mol. The fourth-order valence-electron chi connectivity index (χ4n) is 2.80. The molecular formula is C23H19N3O6S. The molecule has 0 aromatic heterocycles. The number of para-hydroxylation sites is 1. The van der Waals surface area contributed by atoms with Gasteiger partial charge in [0.25, 0.3) is 10.0 Å². The summed E-state index contributed by atoms with van der Waals surface area (Å²) < 4.78 is 27.8. The number of carboxylic acids is 1. The topological polar surface area (TPSA) is 145 Å². The van der Waals surface area contributed by atoms with Gasteiger partial charge in [0.2, 0.25) is 0 Å². The zero-order chi connectivity index (χ0) is 24.0. The van der Waals surface area contributed by atoms with Gasteiger partial charge in [-0.1, -0.05) is 48.5 Å². The lowest BCUT2D eigenvalue weighted by atomic mass is 10.1. The summed E-state index contributed by atoms with van der Waals surface area (Å²) in [5.41, 5.74) is -0.109. The van der Waals surface area contributed by atoms with Crippen LogP contribution in [0.25, 0.3) is 5.76 Å². The molecule has 0 spiro atoms. The smallest absolute Gasteiger partial charge is 0.337 e. The summed E-state index contributed by atoms with van der Waals surface area (Å²) in [6.07, 6.45) is 0. The molecule has 9 nitrogen and oxygen atoms in total. The Bertz CT molecular complexity index is 1370. The van der Waals surface area contributed by atoms with Gasteiger partial charge in [-0.25, -0.2) is 13.2 Å². The first-order valence-corrected chi connectivity index (χ1v) is 11.0. The van der Waals surface area contributed by atoms with E-state index in [1.165, 1.54) is 55.5 Å². The molecule has 168 valence electrons. The van der Waals surface area contributed by atoms with Gasteiger partial charge in [-0.3, -0.25) is 9.52 Å². The maximum absolute atomic E-state index is 12.8. The van der Waals surface area contributed by atoms with E-state index in [2.05, 4.69) is 15.0 Å². The number of ketones is 1. The molecule has 33 heavy (non-hydrogen) atoms. The number of sulfonamides is 1. The fraction of sp³-hybridized carbons (Fsp3) is 0.0435. The highest BCUT2D eigenvalue weighted by Gasteiger charge is 2.19. The van der Waals surface area contributed by atoms with Crippen LogP contribution in [0.15, 0.2) is 99.7 Å². The maximum atomic E-state index is 12.8. The second kappa shape index (κ2) is 9.88. The van der Waals surface area contributed by atoms with E-state index >= 15 is 0 Å². The normalized spacial score (nSPS) is 12.3. The Labute approximate surface area is 189 Å². The number of anilines is 1. The Hall–Kier alpha value is -4.31. The Morgan fingerprint density at radius 3 is 2.21 bits per heavy atom. The summed E-state index contributed by atoms with van der Waals surface area (Å²) in [4.78, 5) is 23.1. The lowest BCUT2D eigenvalue weighted by Crippen LogP contribution is -2.15. The van der Waals surface area contributed by atoms with E-state index < -0.39 is 21.8 Å². The van der Waals surface area contributed by atoms with Crippen LogP contribution in [0.5, 0.6) is 0 Å². The molecule has 3 rings (SSSR count). The SMILES string of the molecule is CC(=O)/C(N=Nc1cccc(S(=O)(=O)Nc2ccccc2C(=O)O)c1)=C(\O)c1ccccc1. The molecule has 3 aromatic rings. The highest BCUT2D eigenvalue weighted by atomic mass is 32.2. The molecule has 0 heterocycles. The number of aliphatic hydroxyl groups is 1. The van der Waals surface area contributed by atoms with Crippen molar-refractivity contribution >= 4 is 38.9 Å². The van der Waals surface area contributed by atoms with Crippen LogP contribution in [0.3, 0.4) is 0 Å². The Balaban J connectivity index is 1.93. The van der Waals surface area contributed by atoms with Crippen LogP contribution in [0.4, 0.5) is 11.4 Å². The number of allylic oxidation sites excluding steroid dienone is 1. The predicted molar refractivity (Wildman–Crippen MR) is 122 cm³/mol. The van der Waals surface area contributed by atoms with Crippen molar-refractivity contribution in [3.8, 4) is 0 Å².